The molecule has 0 aliphatic rings. The van der Waals surface area contributed by atoms with E-state index in [9.17, 15) is 0 Å². The van der Waals surface area contributed by atoms with E-state index in [1.54, 1.807) is 0 Å². The molecule has 0 aliphatic heterocycles. The Bertz CT molecular complexity index is 477. The number of fused-ring (bicyclic) bond motifs is 1. The van der Waals surface area contributed by atoms with Crippen LogP contribution in [0.4, 0.5) is 0 Å². The van der Waals surface area contributed by atoms with Crippen LogP contribution >= 0.6 is 0 Å². The zero-order valence-corrected chi connectivity index (χ0v) is 10.7. The molecule has 0 radical (unpaired) electrons. The summed E-state index contributed by atoms with van der Waals surface area (Å²) in [5.74, 6) is 1.67. The van der Waals surface area contributed by atoms with E-state index in [1.807, 2.05) is 28.8 Å². The molecule has 17 heavy (non-hydrogen) atoms. The highest BCUT2D eigenvalue weighted by atomic mass is 15.3. The lowest BCUT2D eigenvalue weighted by Crippen LogP contribution is -2.25. The Morgan fingerprint density at radius 3 is 2.88 bits per heavy atom. The molecule has 2 heterocycles. The van der Waals surface area contributed by atoms with Gasteiger partial charge in [0.05, 0.1) is 6.04 Å². The number of hydrogen-bond donors (Lipinski definition) is 1. The molecule has 1 N–H and O–H groups in total. The number of nitrogens with one attached hydrogen (secondary N) is 1. The Morgan fingerprint density at radius 2 is 2.12 bits per heavy atom. The second-order valence-electron chi connectivity index (χ2n) is 4.63. The monoisotopic (exact) mass is 232 g/mol. The summed E-state index contributed by atoms with van der Waals surface area (Å²) in [6, 6.07) is 6.17. The predicted octanol–water partition coefficient (Wildman–Crippen LogP) is 2.43. The number of pyridine rings is 1. The highest BCUT2D eigenvalue weighted by Crippen LogP contribution is 2.12. The Morgan fingerprint density at radius 1 is 1.29 bits per heavy atom. The highest BCUT2D eigenvalue weighted by Gasteiger charge is 2.12. The molecule has 0 amide bonds. The molecule has 0 saturated carbocycles. The van der Waals surface area contributed by atoms with E-state index in [1.165, 1.54) is 6.42 Å². The summed E-state index contributed by atoms with van der Waals surface area (Å²) in [7, 11) is 0. The Balaban J connectivity index is 2.11. The second-order valence-corrected chi connectivity index (χ2v) is 4.63. The van der Waals surface area contributed by atoms with Crippen molar-refractivity contribution in [3.63, 3.8) is 0 Å². The molecule has 0 spiro atoms. The molecule has 92 valence electrons. The van der Waals surface area contributed by atoms with Crippen LogP contribution in [-0.4, -0.2) is 21.1 Å². The van der Waals surface area contributed by atoms with Crippen LogP contribution in [0.5, 0.6) is 0 Å². The average molecular weight is 232 g/mol. The fourth-order valence-electron chi connectivity index (χ4n) is 1.77. The van der Waals surface area contributed by atoms with E-state index in [-0.39, 0.29) is 6.04 Å². The van der Waals surface area contributed by atoms with Crippen LogP contribution in [0, 0.1) is 5.92 Å². The molecular weight excluding hydrogens is 212 g/mol. The van der Waals surface area contributed by atoms with Gasteiger partial charge in [-0.05, 0) is 31.5 Å². The molecule has 2 aromatic rings. The lowest BCUT2D eigenvalue weighted by molar-refractivity contribution is 0.449. The molecule has 0 fully saturated rings. The summed E-state index contributed by atoms with van der Waals surface area (Å²) >= 11 is 0. The summed E-state index contributed by atoms with van der Waals surface area (Å²) in [5.41, 5.74) is 0.902. The summed E-state index contributed by atoms with van der Waals surface area (Å²) < 4.78 is 2.04. The quantitative estimate of drug-likeness (QED) is 0.861. The summed E-state index contributed by atoms with van der Waals surface area (Å²) in [6.45, 7) is 7.61. The minimum Gasteiger partial charge on any atom is -0.307 e. The van der Waals surface area contributed by atoms with E-state index >= 15 is 0 Å². The van der Waals surface area contributed by atoms with E-state index in [2.05, 4.69) is 36.3 Å². The van der Waals surface area contributed by atoms with Gasteiger partial charge >= 0.3 is 0 Å². The van der Waals surface area contributed by atoms with Crippen molar-refractivity contribution in [1.29, 1.82) is 0 Å². The number of hydrogen-bond acceptors (Lipinski definition) is 3. The lowest BCUT2D eigenvalue weighted by Gasteiger charge is -2.15. The first-order chi connectivity index (χ1) is 8.22. The summed E-state index contributed by atoms with van der Waals surface area (Å²) in [6.07, 6.45) is 3.20. The van der Waals surface area contributed by atoms with E-state index in [0.29, 0.717) is 5.92 Å². The van der Waals surface area contributed by atoms with Gasteiger partial charge in [-0.2, -0.15) is 0 Å². The first-order valence-electron chi connectivity index (χ1n) is 6.25. The van der Waals surface area contributed by atoms with Crippen molar-refractivity contribution >= 4 is 5.65 Å². The molecule has 2 rings (SSSR count). The number of rotatable bonds is 5. The summed E-state index contributed by atoms with van der Waals surface area (Å²) in [4.78, 5) is 0. The maximum absolute atomic E-state index is 4.25. The molecular formula is C13H20N4. The third-order valence-corrected chi connectivity index (χ3v) is 3.20. The third-order valence-electron chi connectivity index (χ3n) is 3.20. The smallest absolute Gasteiger partial charge is 0.160 e. The topological polar surface area (TPSA) is 42.2 Å². The maximum Gasteiger partial charge on any atom is 0.160 e. The SMILES string of the molecule is CC[C@@H](C)CN[C@@H](C)c1nnc2ccccn12. The van der Waals surface area contributed by atoms with Gasteiger partial charge in [0.2, 0.25) is 0 Å². The van der Waals surface area contributed by atoms with Crippen molar-refractivity contribution in [2.24, 2.45) is 5.92 Å². The van der Waals surface area contributed by atoms with Gasteiger partial charge in [0, 0.05) is 6.20 Å². The van der Waals surface area contributed by atoms with Crippen molar-refractivity contribution in [3.8, 4) is 0 Å². The van der Waals surface area contributed by atoms with Crippen molar-refractivity contribution in [3.05, 3.63) is 30.2 Å². The van der Waals surface area contributed by atoms with Gasteiger partial charge in [0.15, 0.2) is 11.5 Å². The fourth-order valence-corrected chi connectivity index (χ4v) is 1.77. The lowest BCUT2D eigenvalue weighted by atomic mass is 10.1. The molecule has 2 aromatic heterocycles. The molecule has 0 bridgehead atoms. The molecule has 2 atom stereocenters. The van der Waals surface area contributed by atoms with Gasteiger partial charge in [-0.15, -0.1) is 10.2 Å². The van der Waals surface area contributed by atoms with E-state index in [4.69, 9.17) is 0 Å². The van der Waals surface area contributed by atoms with Gasteiger partial charge in [0.1, 0.15) is 0 Å². The molecule has 0 saturated heterocycles. The molecule has 0 aromatic carbocycles. The Hall–Kier alpha value is -1.42. The van der Waals surface area contributed by atoms with Gasteiger partial charge in [-0.25, -0.2) is 0 Å². The minimum absolute atomic E-state index is 0.224. The summed E-state index contributed by atoms with van der Waals surface area (Å²) in [5, 5.41) is 11.9. The third kappa shape index (κ3) is 2.64. The van der Waals surface area contributed by atoms with Crippen LogP contribution in [-0.2, 0) is 0 Å². The molecule has 0 aliphatic carbocycles. The van der Waals surface area contributed by atoms with Gasteiger partial charge < -0.3 is 5.32 Å². The van der Waals surface area contributed by atoms with Crippen LogP contribution in [0.1, 0.15) is 39.1 Å². The Kier molecular flexibility index (Phi) is 3.74. The molecule has 0 unspecified atom stereocenters. The normalized spacial score (nSPS) is 15.0. The van der Waals surface area contributed by atoms with E-state index < -0.39 is 0 Å². The fraction of sp³-hybridized carbons (Fsp3) is 0.538. The van der Waals surface area contributed by atoms with Gasteiger partial charge in [0.25, 0.3) is 0 Å². The van der Waals surface area contributed by atoms with Crippen LogP contribution in [0.25, 0.3) is 5.65 Å². The zero-order valence-electron chi connectivity index (χ0n) is 10.7. The van der Waals surface area contributed by atoms with Crippen LogP contribution in [0.15, 0.2) is 24.4 Å². The first kappa shape index (κ1) is 12.0. The minimum atomic E-state index is 0.224. The second kappa shape index (κ2) is 5.27. The van der Waals surface area contributed by atoms with Gasteiger partial charge in [-0.3, -0.25) is 4.40 Å². The van der Waals surface area contributed by atoms with Crippen molar-refractivity contribution in [2.45, 2.75) is 33.2 Å². The largest absolute Gasteiger partial charge is 0.307 e. The Labute approximate surface area is 102 Å². The zero-order chi connectivity index (χ0) is 12.3. The van der Waals surface area contributed by atoms with Crippen molar-refractivity contribution in [2.75, 3.05) is 6.54 Å². The average Bonchev–Trinajstić information content (AvgIpc) is 2.79. The van der Waals surface area contributed by atoms with Crippen LogP contribution in [0.3, 0.4) is 0 Å². The first-order valence-corrected chi connectivity index (χ1v) is 6.25. The van der Waals surface area contributed by atoms with Crippen molar-refractivity contribution in [1.82, 2.24) is 19.9 Å². The molecule has 4 nitrogen and oxygen atoms in total. The molecule has 4 heteroatoms. The van der Waals surface area contributed by atoms with Crippen LogP contribution < -0.4 is 5.32 Å². The maximum atomic E-state index is 4.25. The van der Waals surface area contributed by atoms with Crippen molar-refractivity contribution < 1.29 is 0 Å². The van der Waals surface area contributed by atoms with E-state index in [0.717, 1.165) is 18.0 Å². The standard InChI is InChI=1S/C13H20N4/c1-4-10(2)9-14-11(3)13-16-15-12-7-5-6-8-17(12)13/h5-8,10-11,14H,4,9H2,1-3H3/t10-,11+/m1/s1. The number of nitrogens with zero attached hydrogens (tertiary/aromatic N) is 3. The van der Waals surface area contributed by atoms with Crippen LogP contribution in [0.2, 0.25) is 0 Å². The number of aromatic nitrogens is 3. The highest BCUT2D eigenvalue weighted by molar-refractivity contribution is 5.37. The van der Waals surface area contributed by atoms with Gasteiger partial charge in [-0.1, -0.05) is 26.3 Å². The predicted molar refractivity (Wildman–Crippen MR) is 68.9 cm³/mol.